The molecule has 0 saturated heterocycles. The van der Waals surface area contributed by atoms with Crippen molar-refractivity contribution in [1.29, 1.82) is 0 Å². The van der Waals surface area contributed by atoms with Crippen molar-refractivity contribution < 1.29 is 9.47 Å². The topological polar surface area (TPSA) is 44.2 Å². The van der Waals surface area contributed by atoms with E-state index in [4.69, 9.17) is 21.1 Å². The summed E-state index contributed by atoms with van der Waals surface area (Å²) in [7, 11) is 1.48. The van der Waals surface area contributed by atoms with Gasteiger partial charge in [0.1, 0.15) is 10.8 Å². The Morgan fingerprint density at radius 3 is 2.59 bits per heavy atom. The van der Waals surface area contributed by atoms with Crippen molar-refractivity contribution in [3.8, 4) is 17.6 Å². The zero-order valence-electron chi connectivity index (χ0n) is 8.85. The smallest absolute Gasteiger partial charge is 0.319 e. The number of benzene rings is 1. The number of nitrogens with zero attached hydrogens (tertiary/aromatic N) is 2. The number of ether oxygens (including phenoxy) is 2. The van der Waals surface area contributed by atoms with E-state index >= 15 is 0 Å². The minimum atomic E-state index is 0.210. The fraction of sp³-hybridized carbons (Fsp3) is 0.0909. The van der Waals surface area contributed by atoms with Gasteiger partial charge in [-0.05, 0) is 24.3 Å². The van der Waals surface area contributed by atoms with Gasteiger partial charge in [-0.15, -0.1) is 0 Å². The van der Waals surface area contributed by atoms with E-state index in [2.05, 4.69) is 25.9 Å². The molecule has 0 aliphatic rings. The van der Waals surface area contributed by atoms with Crippen LogP contribution in [0.15, 0.2) is 34.9 Å². The number of hydrogen-bond acceptors (Lipinski definition) is 4. The highest BCUT2D eigenvalue weighted by Gasteiger charge is 2.08. The second-order valence-corrected chi connectivity index (χ2v) is 4.39. The van der Waals surface area contributed by atoms with Gasteiger partial charge in [0.25, 0.3) is 0 Å². The Morgan fingerprint density at radius 1 is 1.24 bits per heavy atom. The lowest BCUT2D eigenvalue weighted by atomic mass is 10.3. The van der Waals surface area contributed by atoms with E-state index < -0.39 is 0 Å². The van der Waals surface area contributed by atoms with Gasteiger partial charge in [0, 0.05) is 4.47 Å². The molecule has 0 unspecified atom stereocenters. The SMILES string of the molecule is COc1ncc(Cl)c(Oc2ccc(Br)cc2)n1. The van der Waals surface area contributed by atoms with E-state index in [9.17, 15) is 0 Å². The zero-order chi connectivity index (χ0) is 12.3. The van der Waals surface area contributed by atoms with Crippen molar-refractivity contribution in [2.45, 2.75) is 0 Å². The minimum Gasteiger partial charge on any atom is -0.467 e. The molecule has 0 bridgehead atoms. The molecule has 88 valence electrons. The van der Waals surface area contributed by atoms with Crippen LogP contribution < -0.4 is 9.47 Å². The molecule has 1 aromatic carbocycles. The molecular formula is C11H8BrClN2O2. The van der Waals surface area contributed by atoms with Crippen LogP contribution in [0.4, 0.5) is 0 Å². The average Bonchev–Trinajstić information content (AvgIpc) is 2.35. The summed E-state index contributed by atoms with van der Waals surface area (Å²) >= 11 is 9.26. The standard InChI is InChI=1S/C11H8BrClN2O2/c1-16-11-14-6-9(13)10(15-11)17-8-4-2-7(12)3-5-8/h2-6H,1H3. The fourth-order valence-electron chi connectivity index (χ4n) is 1.12. The Kier molecular flexibility index (Phi) is 3.81. The zero-order valence-corrected chi connectivity index (χ0v) is 11.2. The quantitative estimate of drug-likeness (QED) is 0.866. The van der Waals surface area contributed by atoms with Gasteiger partial charge >= 0.3 is 6.01 Å². The Hall–Kier alpha value is -1.33. The molecule has 17 heavy (non-hydrogen) atoms. The second kappa shape index (κ2) is 5.33. The molecule has 0 saturated carbocycles. The molecule has 6 heteroatoms. The molecule has 1 heterocycles. The number of hydrogen-bond donors (Lipinski definition) is 0. The molecule has 2 rings (SSSR count). The number of aromatic nitrogens is 2. The molecular weight excluding hydrogens is 307 g/mol. The summed E-state index contributed by atoms with van der Waals surface area (Å²) in [5.41, 5.74) is 0. The van der Waals surface area contributed by atoms with Crippen molar-refractivity contribution in [2.24, 2.45) is 0 Å². The maximum atomic E-state index is 5.92. The Morgan fingerprint density at radius 2 is 1.94 bits per heavy atom. The van der Waals surface area contributed by atoms with Gasteiger partial charge in [-0.3, -0.25) is 0 Å². The first-order chi connectivity index (χ1) is 8.19. The average molecular weight is 316 g/mol. The maximum Gasteiger partial charge on any atom is 0.319 e. The van der Waals surface area contributed by atoms with Gasteiger partial charge in [-0.1, -0.05) is 27.5 Å². The van der Waals surface area contributed by atoms with E-state index in [0.717, 1.165) is 4.47 Å². The van der Waals surface area contributed by atoms with E-state index in [-0.39, 0.29) is 11.9 Å². The Labute approximate surface area is 112 Å². The third-order valence-corrected chi connectivity index (χ3v) is 2.69. The summed E-state index contributed by atoms with van der Waals surface area (Å²) in [6, 6.07) is 7.54. The highest BCUT2D eigenvalue weighted by atomic mass is 79.9. The molecule has 2 aromatic rings. The predicted octanol–water partition coefficient (Wildman–Crippen LogP) is 3.69. The highest BCUT2D eigenvalue weighted by Crippen LogP contribution is 2.28. The minimum absolute atomic E-state index is 0.210. The van der Waals surface area contributed by atoms with Crippen molar-refractivity contribution in [1.82, 2.24) is 9.97 Å². The lowest BCUT2D eigenvalue weighted by Gasteiger charge is -2.07. The summed E-state index contributed by atoms with van der Waals surface area (Å²) in [6.45, 7) is 0. The van der Waals surface area contributed by atoms with Gasteiger partial charge in [0.05, 0.1) is 13.3 Å². The van der Waals surface area contributed by atoms with Crippen LogP contribution >= 0.6 is 27.5 Å². The van der Waals surface area contributed by atoms with Gasteiger partial charge in [0.15, 0.2) is 0 Å². The Balaban J connectivity index is 2.25. The van der Waals surface area contributed by atoms with Crippen LogP contribution in [0.5, 0.6) is 17.6 Å². The molecule has 0 N–H and O–H groups in total. The largest absolute Gasteiger partial charge is 0.467 e. The van der Waals surface area contributed by atoms with Crippen LogP contribution in [-0.4, -0.2) is 17.1 Å². The summed E-state index contributed by atoms with van der Waals surface area (Å²) in [6.07, 6.45) is 1.43. The van der Waals surface area contributed by atoms with E-state index in [1.54, 1.807) is 12.1 Å². The molecule has 0 amide bonds. The predicted molar refractivity (Wildman–Crippen MR) is 67.8 cm³/mol. The van der Waals surface area contributed by atoms with Crippen LogP contribution in [0, 0.1) is 0 Å². The van der Waals surface area contributed by atoms with Crippen molar-refractivity contribution >= 4 is 27.5 Å². The lowest BCUT2D eigenvalue weighted by molar-refractivity contribution is 0.366. The monoisotopic (exact) mass is 314 g/mol. The van der Waals surface area contributed by atoms with Crippen LogP contribution in [0.2, 0.25) is 5.02 Å². The molecule has 0 spiro atoms. The lowest BCUT2D eigenvalue weighted by Crippen LogP contribution is -1.95. The molecule has 1 aromatic heterocycles. The highest BCUT2D eigenvalue weighted by molar-refractivity contribution is 9.10. The third-order valence-electron chi connectivity index (χ3n) is 1.90. The van der Waals surface area contributed by atoms with Gasteiger partial charge in [0.2, 0.25) is 5.88 Å². The van der Waals surface area contributed by atoms with E-state index in [1.807, 2.05) is 12.1 Å². The fourth-order valence-corrected chi connectivity index (χ4v) is 1.51. The first-order valence-electron chi connectivity index (χ1n) is 4.69. The van der Waals surface area contributed by atoms with E-state index in [1.165, 1.54) is 13.3 Å². The molecule has 0 aliphatic carbocycles. The first-order valence-corrected chi connectivity index (χ1v) is 5.86. The number of rotatable bonds is 3. The number of methoxy groups -OCH3 is 1. The number of halogens is 2. The van der Waals surface area contributed by atoms with Crippen LogP contribution in [-0.2, 0) is 0 Å². The third kappa shape index (κ3) is 3.08. The van der Waals surface area contributed by atoms with Crippen LogP contribution in [0.1, 0.15) is 0 Å². The van der Waals surface area contributed by atoms with Crippen molar-refractivity contribution in [3.63, 3.8) is 0 Å². The van der Waals surface area contributed by atoms with Gasteiger partial charge in [-0.25, -0.2) is 4.98 Å². The summed E-state index contributed by atoms with van der Waals surface area (Å²) in [5, 5.41) is 0.328. The molecule has 0 atom stereocenters. The summed E-state index contributed by atoms with van der Waals surface area (Å²) in [4.78, 5) is 7.87. The second-order valence-electron chi connectivity index (χ2n) is 3.07. The maximum absolute atomic E-state index is 5.92. The molecule has 0 aliphatic heterocycles. The first kappa shape index (κ1) is 12.1. The van der Waals surface area contributed by atoms with Crippen molar-refractivity contribution in [2.75, 3.05) is 7.11 Å². The molecule has 0 radical (unpaired) electrons. The van der Waals surface area contributed by atoms with Crippen LogP contribution in [0.3, 0.4) is 0 Å². The molecule has 4 nitrogen and oxygen atoms in total. The van der Waals surface area contributed by atoms with E-state index in [0.29, 0.717) is 10.8 Å². The van der Waals surface area contributed by atoms with Crippen LogP contribution in [0.25, 0.3) is 0 Å². The molecule has 0 fully saturated rings. The van der Waals surface area contributed by atoms with Gasteiger partial charge in [-0.2, -0.15) is 4.98 Å². The Bertz CT molecular complexity index is 519. The summed E-state index contributed by atoms with van der Waals surface area (Å²) in [5.74, 6) is 0.900. The normalized spacial score (nSPS) is 10.1. The summed E-state index contributed by atoms with van der Waals surface area (Å²) < 4.78 is 11.4. The van der Waals surface area contributed by atoms with Crippen molar-refractivity contribution in [3.05, 3.63) is 40.0 Å². The van der Waals surface area contributed by atoms with Gasteiger partial charge < -0.3 is 9.47 Å².